The van der Waals surface area contributed by atoms with E-state index >= 15 is 0 Å². The first-order valence-corrected chi connectivity index (χ1v) is 9.76. The number of hydrogen-bond donors (Lipinski definition) is 1. The van der Waals surface area contributed by atoms with Gasteiger partial charge in [0, 0.05) is 32.2 Å². The molecule has 27 heavy (non-hydrogen) atoms. The quantitative estimate of drug-likeness (QED) is 0.905. The Kier molecular flexibility index (Phi) is 4.72. The Balaban J connectivity index is 1.53. The fourth-order valence-corrected chi connectivity index (χ4v) is 4.61. The molecule has 1 aromatic heterocycles. The van der Waals surface area contributed by atoms with E-state index in [2.05, 4.69) is 38.8 Å². The molecule has 6 heteroatoms. The summed E-state index contributed by atoms with van der Waals surface area (Å²) in [7, 11) is 0. The highest BCUT2D eigenvalue weighted by molar-refractivity contribution is 5.84. The molecule has 1 atom stereocenters. The van der Waals surface area contributed by atoms with Gasteiger partial charge in [0.1, 0.15) is 18.0 Å². The summed E-state index contributed by atoms with van der Waals surface area (Å²) in [5.41, 5.74) is 7.14. The summed E-state index contributed by atoms with van der Waals surface area (Å²) >= 11 is 0. The third-order valence-corrected chi connectivity index (χ3v) is 6.18. The zero-order valence-electron chi connectivity index (χ0n) is 15.8. The van der Waals surface area contributed by atoms with Gasteiger partial charge >= 0.3 is 0 Å². The number of likely N-dealkylation sites (tertiary alicyclic amines) is 1. The Hall–Kier alpha value is -2.63. The average Bonchev–Trinajstić information content (AvgIpc) is 2.71. The fourth-order valence-electron chi connectivity index (χ4n) is 4.61. The number of carbonyl (C=O) groups is 1. The van der Waals surface area contributed by atoms with Crippen LogP contribution in [0.3, 0.4) is 0 Å². The normalized spacial score (nSPS) is 22.3. The zero-order chi connectivity index (χ0) is 18.9. The predicted octanol–water partition coefficient (Wildman–Crippen LogP) is 2.68. The second-order valence-corrected chi connectivity index (χ2v) is 7.81. The summed E-state index contributed by atoms with van der Waals surface area (Å²) in [6, 6.07) is 12.1. The molecule has 6 nitrogen and oxygen atoms in total. The number of benzene rings is 1. The van der Waals surface area contributed by atoms with Crippen LogP contribution in [-0.4, -0.2) is 47.0 Å². The maximum absolute atomic E-state index is 13.0. The molecule has 0 radical (unpaired) electrons. The van der Waals surface area contributed by atoms with Crippen LogP contribution >= 0.6 is 0 Å². The van der Waals surface area contributed by atoms with Gasteiger partial charge in [-0.15, -0.1) is 0 Å². The Labute approximate surface area is 160 Å². The van der Waals surface area contributed by atoms with Crippen LogP contribution in [0.5, 0.6) is 0 Å². The van der Waals surface area contributed by atoms with E-state index in [1.165, 1.54) is 6.33 Å². The molecule has 0 saturated carbocycles. The molecular weight excluding hydrogens is 338 g/mol. The van der Waals surface area contributed by atoms with Gasteiger partial charge in [0.25, 0.3) is 0 Å². The molecule has 1 spiro atoms. The minimum absolute atomic E-state index is 0.0267. The van der Waals surface area contributed by atoms with Crippen molar-refractivity contribution < 1.29 is 4.79 Å². The van der Waals surface area contributed by atoms with Gasteiger partial charge in [0.2, 0.25) is 5.91 Å². The van der Waals surface area contributed by atoms with E-state index in [1.807, 2.05) is 24.3 Å². The van der Waals surface area contributed by atoms with E-state index in [0.717, 1.165) is 56.8 Å². The van der Waals surface area contributed by atoms with Crippen LogP contribution in [0.1, 0.15) is 37.7 Å². The molecule has 0 bridgehead atoms. The molecule has 142 valence electrons. The largest absolute Gasteiger partial charge is 0.384 e. The smallest absolute Gasteiger partial charge is 0.230 e. The van der Waals surface area contributed by atoms with Crippen LogP contribution in [0, 0.1) is 5.41 Å². The number of aromatic nitrogens is 2. The van der Waals surface area contributed by atoms with Crippen molar-refractivity contribution in [2.45, 2.75) is 32.1 Å². The van der Waals surface area contributed by atoms with E-state index in [4.69, 9.17) is 5.73 Å². The molecule has 4 rings (SSSR count). The maximum Gasteiger partial charge on any atom is 0.230 e. The van der Waals surface area contributed by atoms with Gasteiger partial charge < -0.3 is 15.5 Å². The third-order valence-electron chi connectivity index (χ3n) is 6.18. The van der Waals surface area contributed by atoms with E-state index in [0.29, 0.717) is 5.82 Å². The van der Waals surface area contributed by atoms with E-state index in [1.54, 1.807) is 0 Å². The standard InChI is InChI=1S/C21H27N5O/c1-2-25-14-21(13-17(20(25)27)16-6-4-3-5-7-16)8-10-26(11-9-21)19-12-18(22)23-15-24-19/h3-7,12,15,17H,2,8-11,13-14H2,1H3,(H2,22,23,24). The van der Waals surface area contributed by atoms with Crippen LogP contribution in [0.15, 0.2) is 42.7 Å². The number of hydrogen-bond acceptors (Lipinski definition) is 5. The Morgan fingerprint density at radius 2 is 1.93 bits per heavy atom. The first kappa shape index (κ1) is 17.8. The maximum atomic E-state index is 13.0. The highest BCUT2D eigenvalue weighted by Crippen LogP contribution is 2.46. The monoisotopic (exact) mass is 365 g/mol. The van der Waals surface area contributed by atoms with Gasteiger partial charge in [-0.3, -0.25) is 4.79 Å². The second kappa shape index (κ2) is 7.18. The summed E-state index contributed by atoms with van der Waals surface area (Å²) in [5, 5.41) is 0. The number of piperidine rings is 2. The van der Waals surface area contributed by atoms with Crippen molar-refractivity contribution in [1.82, 2.24) is 14.9 Å². The number of amides is 1. The number of nitrogens with zero attached hydrogens (tertiary/aromatic N) is 4. The number of nitrogen functional groups attached to an aromatic ring is 1. The molecule has 2 aromatic rings. The molecular formula is C21H27N5O. The van der Waals surface area contributed by atoms with Crippen LogP contribution in [0.2, 0.25) is 0 Å². The molecule has 1 amide bonds. The molecule has 2 aliphatic rings. The highest BCUT2D eigenvalue weighted by atomic mass is 16.2. The number of anilines is 2. The van der Waals surface area contributed by atoms with Crippen molar-refractivity contribution in [3.8, 4) is 0 Å². The molecule has 0 aliphatic carbocycles. The van der Waals surface area contributed by atoms with Crippen molar-refractivity contribution >= 4 is 17.5 Å². The SMILES string of the molecule is CCN1CC2(CCN(c3cc(N)ncn3)CC2)CC(c2ccccc2)C1=O. The minimum Gasteiger partial charge on any atom is -0.384 e. The van der Waals surface area contributed by atoms with Gasteiger partial charge in [0.05, 0.1) is 5.92 Å². The van der Waals surface area contributed by atoms with Crippen LogP contribution < -0.4 is 10.6 Å². The van der Waals surface area contributed by atoms with E-state index in [9.17, 15) is 4.79 Å². The van der Waals surface area contributed by atoms with Crippen molar-refractivity contribution in [3.63, 3.8) is 0 Å². The average molecular weight is 365 g/mol. The highest BCUT2D eigenvalue weighted by Gasteiger charge is 2.45. The Morgan fingerprint density at radius 1 is 1.19 bits per heavy atom. The molecule has 2 saturated heterocycles. The topological polar surface area (TPSA) is 75.3 Å². The van der Waals surface area contributed by atoms with Gasteiger partial charge in [-0.1, -0.05) is 30.3 Å². The number of carbonyl (C=O) groups excluding carboxylic acids is 1. The molecule has 2 fully saturated rings. The lowest BCUT2D eigenvalue weighted by molar-refractivity contribution is -0.140. The Morgan fingerprint density at radius 3 is 2.59 bits per heavy atom. The summed E-state index contributed by atoms with van der Waals surface area (Å²) < 4.78 is 0. The van der Waals surface area contributed by atoms with Gasteiger partial charge in [-0.25, -0.2) is 9.97 Å². The second-order valence-electron chi connectivity index (χ2n) is 7.81. The van der Waals surface area contributed by atoms with Crippen LogP contribution in [0.4, 0.5) is 11.6 Å². The lowest BCUT2D eigenvalue weighted by Crippen LogP contribution is -2.54. The van der Waals surface area contributed by atoms with Gasteiger partial charge in [-0.2, -0.15) is 0 Å². The van der Waals surface area contributed by atoms with Crippen molar-refractivity contribution in [2.24, 2.45) is 5.41 Å². The van der Waals surface area contributed by atoms with Gasteiger partial charge in [-0.05, 0) is 37.2 Å². The third kappa shape index (κ3) is 3.48. The van der Waals surface area contributed by atoms with Crippen LogP contribution in [0.25, 0.3) is 0 Å². The van der Waals surface area contributed by atoms with Crippen molar-refractivity contribution in [3.05, 3.63) is 48.3 Å². The molecule has 2 N–H and O–H groups in total. The van der Waals surface area contributed by atoms with Crippen molar-refractivity contribution in [2.75, 3.05) is 36.8 Å². The lowest BCUT2D eigenvalue weighted by Gasteiger charge is -2.50. The molecule has 1 unspecified atom stereocenters. The number of likely N-dealkylation sites (N-methyl/N-ethyl adjacent to an activating group) is 1. The summed E-state index contributed by atoms with van der Waals surface area (Å²) in [5.74, 6) is 1.66. The van der Waals surface area contributed by atoms with E-state index in [-0.39, 0.29) is 17.2 Å². The lowest BCUT2D eigenvalue weighted by atomic mass is 9.67. The molecule has 3 heterocycles. The Bertz CT molecular complexity index is 801. The summed E-state index contributed by atoms with van der Waals surface area (Å²) in [6.45, 7) is 5.59. The fraction of sp³-hybridized carbons (Fsp3) is 0.476. The predicted molar refractivity (Wildman–Crippen MR) is 106 cm³/mol. The molecule has 1 aromatic carbocycles. The van der Waals surface area contributed by atoms with Crippen LogP contribution in [-0.2, 0) is 4.79 Å². The summed E-state index contributed by atoms with van der Waals surface area (Å²) in [6.07, 6.45) is 4.58. The molecule has 2 aliphatic heterocycles. The first-order valence-electron chi connectivity index (χ1n) is 9.76. The first-order chi connectivity index (χ1) is 13.1. The number of nitrogens with two attached hydrogens (primary N) is 1. The number of rotatable bonds is 3. The van der Waals surface area contributed by atoms with Crippen molar-refractivity contribution in [1.29, 1.82) is 0 Å². The van der Waals surface area contributed by atoms with E-state index < -0.39 is 0 Å². The van der Waals surface area contributed by atoms with Gasteiger partial charge in [0.15, 0.2) is 0 Å². The zero-order valence-corrected chi connectivity index (χ0v) is 15.8. The summed E-state index contributed by atoms with van der Waals surface area (Å²) in [4.78, 5) is 25.7. The minimum atomic E-state index is -0.0267.